The minimum absolute atomic E-state index is 0.0854. The van der Waals surface area contributed by atoms with Crippen molar-refractivity contribution < 1.29 is 22.7 Å². The lowest BCUT2D eigenvalue weighted by Gasteiger charge is -2.25. The average molecular weight is 469 g/mol. The first-order valence-corrected chi connectivity index (χ1v) is 11.8. The zero-order chi connectivity index (χ0) is 24.2. The molecule has 0 aromatic heterocycles. The van der Waals surface area contributed by atoms with Crippen LogP contribution in [0.15, 0.2) is 65.6 Å². The third-order valence-electron chi connectivity index (χ3n) is 5.21. The van der Waals surface area contributed by atoms with Gasteiger partial charge in [-0.2, -0.15) is 0 Å². The molecule has 3 aromatic carbocycles. The van der Waals surface area contributed by atoms with Crippen LogP contribution in [0, 0.1) is 20.8 Å². The second kappa shape index (κ2) is 9.95. The Balaban J connectivity index is 2.01. The summed E-state index contributed by atoms with van der Waals surface area (Å²) in [5.74, 6) is 0.343. The monoisotopic (exact) mass is 468 g/mol. The highest BCUT2D eigenvalue weighted by molar-refractivity contribution is 7.92. The van der Waals surface area contributed by atoms with Gasteiger partial charge < -0.3 is 14.8 Å². The molecule has 8 heteroatoms. The summed E-state index contributed by atoms with van der Waals surface area (Å²) in [6.07, 6.45) is 0. The molecule has 0 aliphatic carbocycles. The van der Waals surface area contributed by atoms with Gasteiger partial charge in [-0.05, 0) is 56.7 Å². The molecule has 0 saturated carbocycles. The fraction of sp³-hybridized carbons (Fsp3) is 0.240. The van der Waals surface area contributed by atoms with Gasteiger partial charge in [0, 0.05) is 11.8 Å². The predicted octanol–water partition coefficient (Wildman–Crippen LogP) is 4.46. The van der Waals surface area contributed by atoms with Gasteiger partial charge in [0.25, 0.3) is 10.0 Å². The molecule has 0 aliphatic rings. The molecule has 1 N–H and O–H groups in total. The van der Waals surface area contributed by atoms with Crippen LogP contribution in [0.1, 0.15) is 16.7 Å². The van der Waals surface area contributed by atoms with Crippen molar-refractivity contribution in [3.8, 4) is 11.5 Å². The zero-order valence-corrected chi connectivity index (χ0v) is 20.2. The molecular formula is C25H28N2O5S. The number of amides is 1. The Morgan fingerprint density at radius 3 is 2.09 bits per heavy atom. The van der Waals surface area contributed by atoms with E-state index in [1.54, 1.807) is 30.3 Å². The van der Waals surface area contributed by atoms with E-state index in [2.05, 4.69) is 5.32 Å². The molecular weight excluding hydrogens is 440 g/mol. The number of nitrogens with zero attached hydrogens (tertiary/aromatic N) is 1. The maximum atomic E-state index is 13.6. The molecule has 3 aromatic rings. The molecule has 33 heavy (non-hydrogen) atoms. The number of methoxy groups -OCH3 is 2. The summed E-state index contributed by atoms with van der Waals surface area (Å²) in [6, 6.07) is 16.9. The van der Waals surface area contributed by atoms with Crippen LogP contribution in [-0.2, 0) is 14.8 Å². The van der Waals surface area contributed by atoms with E-state index in [0.29, 0.717) is 17.2 Å². The number of aryl methyl sites for hydroxylation is 3. The SMILES string of the molecule is COc1ccc(N(CC(=O)Nc2ccc(C)cc2C)S(=O)(=O)c2ccc(C)cc2)cc1OC. The Morgan fingerprint density at radius 2 is 1.48 bits per heavy atom. The highest BCUT2D eigenvalue weighted by Crippen LogP contribution is 2.34. The topological polar surface area (TPSA) is 84.9 Å². The molecule has 3 rings (SSSR count). The second-order valence-corrected chi connectivity index (χ2v) is 9.59. The third kappa shape index (κ3) is 5.46. The largest absolute Gasteiger partial charge is 0.493 e. The van der Waals surface area contributed by atoms with E-state index in [-0.39, 0.29) is 10.6 Å². The zero-order valence-electron chi connectivity index (χ0n) is 19.4. The Kier molecular flexibility index (Phi) is 7.28. The first-order valence-electron chi connectivity index (χ1n) is 10.3. The Morgan fingerprint density at radius 1 is 0.848 bits per heavy atom. The molecule has 0 atom stereocenters. The number of carbonyl (C=O) groups is 1. The minimum atomic E-state index is -4.04. The summed E-state index contributed by atoms with van der Waals surface area (Å²) in [6.45, 7) is 5.31. The fourth-order valence-electron chi connectivity index (χ4n) is 3.41. The quantitative estimate of drug-likeness (QED) is 0.528. The number of hydrogen-bond donors (Lipinski definition) is 1. The molecule has 0 unspecified atom stereocenters. The molecule has 0 aliphatic heterocycles. The van der Waals surface area contributed by atoms with E-state index in [1.165, 1.54) is 32.4 Å². The van der Waals surface area contributed by atoms with Crippen LogP contribution in [-0.4, -0.2) is 35.1 Å². The Hall–Kier alpha value is -3.52. The van der Waals surface area contributed by atoms with Crippen LogP contribution in [0.25, 0.3) is 0 Å². The van der Waals surface area contributed by atoms with Gasteiger partial charge in [-0.3, -0.25) is 9.10 Å². The number of rotatable bonds is 8. The van der Waals surface area contributed by atoms with Gasteiger partial charge in [-0.15, -0.1) is 0 Å². The first-order chi connectivity index (χ1) is 15.6. The molecule has 0 heterocycles. The number of carbonyl (C=O) groups excluding carboxylic acids is 1. The minimum Gasteiger partial charge on any atom is -0.493 e. The number of anilines is 2. The van der Waals surface area contributed by atoms with Crippen molar-refractivity contribution in [2.24, 2.45) is 0 Å². The summed E-state index contributed by atoms with van der Waals surface area (Å²) in [5, 5.41) is 2.82. The van der Waals surface area contributed by atoms with Gasteiger partial charge in [-0.1, -0.05) is 35.4 Å². The van der Waals surface area contributed by atoms with Crippen LogP contribution in [0.3, 0.4) is 0 Å². The van der Waals surface area contributed by atoms with Crippen LogP contribution in [0.4, 0.5) is 11.4 Å². The molecule has 0 fully saturated rings. The molecule has 0 radical (unpaired) electrons. The van der Waals surface area contributed by atoms with E-state index in [9.17, 15) is 13.2 Å². The summed E-state index contributed by atoms with van der Waals surface area (Å²) in [5.41, 5.74) is 3.80. The number of ether oxygens (including phenoxy) is 2. The Labute approximate surface area is 195 Å². The van der Waals surface area contributed by atoms with Crippen LogP contribution in [0.5, 0.6) is 11.5 Å². The van der Waals surface area contributed by atoms with Crippen molar-refractivity contribution in [3.05, 3.63) is 77.4 Å². The van der Waals surface area contributed by atoms with Crippen molar-refractivity contribution in [2.75, 3.05) is 30.4 Å². The van der Waals surface area contributed by atoms with Crippen LogP contribution in [0.2, 0.25) is 0 Å². The van der Waals surface area contributed by atoms with Crippen molar-refractivity contribution in [1.29, 1.82) is 0 Å². The van der Waals surface area contributed by atoms with Gasteiger partial charge in [-0.25, -0.2) is 8.42 Å². The first kappa shape index (κ1) is 24.1. The lowest BCUT2D eigenvalue weighted by Crippen LogP contribution is -2.38. The highest BCUT2D eigenvalue weighted by Gasteiger charge is 2.28. The van der Waals surface area contributed by atoms with E-state index in [1.807, 2.05) is 32.9 Å². The summed E-state index contributed by atoms with van der Waals surface area (Å²) >= 11 is 0. The highest BCUT2D eigenvalue weighted by atomic mass is 32.2. The fourth-order valence-corrected chi connectivity index (χ4v) is 4.82. The van der Waals surface area contributed by atoms with Gasteiger partial charge in [0.15, 0.2) is 11.5 Å². The van der Waals surface area contributed by atoms with Gasteiger partial charge >= 0.3 is 0 Å². The number of sulfonamides is 1. The molecule has 0 saturated heterocycles. The number of hydrogen-bond acceptors (Lipinski definition) is 5. The second-order valence-electron chi connectivity index (χ2n) is 7.73. The molecule has 174 valence electrons. The summed E-state index contributed by atoms with van der Waals surface area (Å²) in [4.78, 5) is 13.1. The van der Waals surface area contributed by atoms with E-state index < -0.39 is 22.5 Å². The average Bonchev–Trinajstić information content (AvgIpc) is 2.79. The lowest BCUT2D eigenvalue weighted by molar-refractivity contribution is -0.114. The van der Waals surface area contributed by atoms with Gasteiger partial charge in [0.05, 0.1) is 24.8 Å². The normalized spacial score (nSPS) is 11.1. The van der Waals surface area contributed by atoms with Gasteiger partial charge in [0.2, 0.25) is 5.91 Å². The van der Waals surface area contributed by atoms with Crippen LogP contribution >= 0.6 is 0 Å². The number of nitrogens with one attached hydrogen (secondary N) is 1. The van der Waals surface area contributed by atoms with Crippen LogP contribution < -0.4 is 19.1 Å². The maximum absolute atomic E-state index is 13.6. The standard InChI is InChI=1S/C25H28N2O5S/c1-17-6-10-21(11-7-17)33(29,30)27(20-9-13-23(31-4)24(15-20)32-5)16-25(28)26-22-12-8-18(2)14-19(22)3/h6-15H,16H2,1-5H3,(H,26,28). The van der Waals surface area contributed by atoms with Gasteiger partial charge in [0.1, 0.15) is 6.54 Å². The lowest BCUT2D eigenvalue weighted by atomic mass is 10.1. The molecule has 0 spiro atoms. The smallest absolute Gasteiger partial charge is 0.264 e. The molecule has 0 bridgehead atoms. The van der Waals surface area contributed by atoms with Crippen molar-refractivity contribution in [3.63, 3.8) is 0 Å². The summed E-state index contributed by atoms with van der Waals surface area (Å²) in [7, 11) is -1.08. The van der Waals surface area contributed by atoms with E-state index >= 15 is 0 Å². The molecule has 1 amide bonds. The van der Waals surface area contributed by atoms with E-state index in [4.69, 9.17) is 9.47 Å². The summed E-state index contributed by atoms with van der Waals surface area (Å²) < 4.78 is 38.8. The van der Waals surface area contributed by atoms with Crippen molar-refractivity contribution in [2.45, 2.75) is 25.7 Å². The number of benzene rings is 3. The van der Waals surface area contributed by atoms with Crippen molar-refractivity contribution in [1.82, 2.24) is 0 Å². The van der Waals surface area contributed by atoms with Crippen molar-refractivity contribution >= 4 is 27.3 Å². The maximum Gasteiger partial charge on any atom is 0.264 e. The third-order valence-corrected chi connectivity index (χ3v) is 7.00. The Bertz CT molecular complexity index is 1250. The van der Waals surface area contributed by atoms with E-state index in [0.717, 1.165) is 21.0 Å². The molecule has 7 nitrogen and oxygen atoms in total. The predicted molar refractivity (Wildman–Crippen MR) is 130 cm³/mol.